The molecule has 37 heavy (non-hydrogen) atoms. The predicted molar refractivity (Wildman–Crippen MR) is 160 cm³/mol. The molecule has 0 saturated heterocycles. The fourth-order valence-electron chi connectivity index (χ4n) is 6.18. The summed E-state index contributed by atoms with van der Waals surface area (Å²) in [6, 6.07) is 4.14. The number of phenolic OH excluding ortho intramolecular Hbond substituents is 1. The molecule has 2 aliphatic rings. The van der Waals surface area contributed by atoms with E-state index in [0.29, 0.717) is 11.7 Å². The van der Waals surface area contributed by atoms with Crippen molar-refractivity contribution in [2.75, 3.05) is 0 Å². The van der Waals surface area contributed by atoms with Crippen LogP contribution in [0.25, 0.3) is 0 Å². The molecule has 0 aromatic heterocycles. The fourth-order valence-corrected chi connectivity index (χ4v) is 6.18. The third-order valence-electron chi connectivity index (χ3n) is 8.74. The standard InChI is InChI=1S/C35H56O2/c1-5-7-9-11-13-15-17-19-28-23-24-35(3,4)31(25-28)33-22-21-30-26-32(36)29(27-34(30)37-33)20-18-16-14-12-10-8-6-2/h23-27,31,33,36H,5-22H2,1-4H3. The summed E-state index contributed by atoms with van der Waals surface area (Å²) in [4.78, 5) is 0. The van der Waals surface area contributed by atoms with Gasteiger partial charge in [-0.05, 0) is 67.2 Å². The van der Waals surface area contributed by atoms with Gasteiger partial charge in [0.2, 0.25) is 0 Å². The zero-order valence-electron chi connectivity index (χ0n) is 24.6. The molecule has 1 aliphatic heterocycles. The van der Waals surface area contributed by atoms with Gasteiger partial charge in [0.1, 0.15) is 17.6 Å². The first-order chi connectivity index (χ1) is 17.9. The van der Waals surface area contributed by atoms with Gasteiger partial charge in [-0.1, -0.05) is 129 Å². The van der Waals surface area contributed by atoms with E-state index in [-0.39, 0.29) is 11.5 Å². The summed E-state index contributed by atoms with van der Waals surface area (Å²) in [5.41, 5.74) is 3.83. The first-order valence-electron chi connectivity index (χ1n) is 15.9. The average molecular weight is 509 g/mol. The number of ether oxygens (including phenoxy) is 1. The van der Waals surface area contributed by atoms with Crippen LogP contribution in [0, 0.1) is 11.3 Å². The summed E-state index contributed by atoms with van der Waals surface area (Å²) in [7, 11) is 0. The van der Waals surface area contributed by atoms with Gasteiger partial charge >= 0.3 is 0 Å². The number of phenols is 1. The summed E-state index contributed by atoms with van der Waals surface area (Å²) in [5.74, 6) is 1.87. The number of benzene rings is 1. The van der Waals surface area contributed by atoms with Crippen LogP contribution >= 0.6 is 0 Å². The molecule has 0 spiro atoms. The van der Waals surface area contributed by atoms with Crippen molar-refractivity contribution in [2.24, 2.45) is 11.3 Å². The van der Waals surface area contributed by atoms with Crippen molar-refractivity contribution in [1.29, 1.82) is 0 Å². The van der Waals surface area contributed by atoms with Gasteiger partial charge < -0.3 is 9.84 Å². The lowest BCUT2D eigenvalue weighted by Crippen LogP contribution is -2.39. The van der Waals surface area contributed by atoms with Crippen molar-refractivity contribution in [2.45, 2.75) is 149 Å². The van der Waals surface area contributed by atoms with Crippen molar-refractivity contribution < 1.29 is 9.84 Å². The van der Waals surface area contributed by atoms with Gasteiger partial charge in [-0.3, -0.25) is 0 Å². The molecule has 2 nitrogen and oxygen atoms in total. The highest BCUT2D eigenvalue weighted by molar-refractivity contribution is 5.47. The normalized spacial score (nSPS) is 20.4. The van der Waals surface area contributed by atoms with Gasteiger partial charge in [-0.2, -0.15) is 0 Å². The minimum atomic E-state index is 0.101. The van der Waals surface area contributed by atoms with E-state index in [0.717, 1.165) is 37.0 Å². The number of fused-ring (bicyclic) bond motifs is 1. The maximum absolute atomic E-state index is 10.7. The Labute approximate surface area is 229 Å². The molecule has 2 heteroatoms. The lowest BCUT2D eigenvalue weighted by Gasteiger charge is -2.40. The second-order valence-corrected chi connectivity index (χ2v) is 12.4. The van der Waals surface area contributed by atoms with E-state index in [1.54, 1.807) is 0 Å². The lowest BCUT2D eigenvalue weighted by molar-refractivity contribution is 0.0845. The van der Waals surface area contributed by atoms with Gasteiger partial charge in [0.05, 0.1) is 0 Å². The largest absolute Gasteiger partial charge is 0.508 e. The maximum Gasteiger partial charge on any atom is 0.123 e. The van der Waals surface area contributed by atoms with E-state index in [1.165, 1.54) is 101 Å². The number of allylic oxidation sites excluding steroid dienone is 3. The van der Waals surface area contributed by atoms with Crippen LogP contribution < -0.4 is 4.74 Å². The first-order valence-corrected chi connectivity index (χ1v) is 15.9. The van der Waals surface area contributed by atoms with Crippen LogP contribution in [0.4, 0.5) is 0 Å². The van der Waals surface area contributed by atoms with Gasteiger partial charge in [0.25, 0.3) is 0 Å². The number of rotatable bonds is 17. The molecular weight excluding hydrogens is 452 g/mol. The molecule has 2 unspecified atom stereocenters. The lowest BCUT2D eigenvalue weighted by atomic mass is 9.70. The van der Waals surface area contributed by atoms with Crippen LogP contribution in [0.15, 0.2) is 35.9 Å². The number of hydrogen-bond donors (Lipinski definition) is 1. The Morgan fingerprint density at radius 1 is 0.811 bits per heavy atom. The molecule has 0 saturated carbocycles. The van der Waals surface area contributed by atoms with E-state index >= 15 is 0 Å². The molecule has 3 rings (SSSR count). The van der Waals surface area contributed by atoms with Crippen molar-refractivity contribution in [3.63, 3.8) is 0 Å². The summed E-state index contributed by atoms with van der Waals surface area (Å²) in [6.07, 6.45) is 30.3. The Morgan fingerprint density at radius 3 is 2.05 bits per heavy atom. The zero-order valence-corrected chi connectivity index (χ0v) is 24.6. The molecule has 2 atom stereocenters. The number of unbranched alkanes of at least 4 members (excludes halogenated alkanes) is 12. The third kappa shape index (κ3) is 9.52. The van der Waals surface area contributed by atoms with Crippen molar-refractivity contribution in [1.82, 2.24) is 0 Å². The van der Waals surface area contributed by atoms with E-state index in [4.69, 9.17) is 4.74 Å². The van der Waals surface area contributed by atoms with Crippen LogP contribution in [0.5, 0.6) is 11.5 Å². The van der Waals surface area contributed by atoms with Crippen LogP contribution in [0.2, 0.25) is 0 Å². The molecular formula is C35H56O2. The molecule has 1 aromatic carbocycles. The molecule has 208 valence electrons. The second-order valence-electron chi connectivity index (χ2n) is 12.4. The Bertz CT molecular complexity index is 862. The minimum Gasteiger partial charge on any atom is -0.508 e. The highest BCUT2D eigenvalue weighted by Gasteiger charge is 2.37. The number of hydrogen-bond acceptors (Lipinski definition) is 2. The monoisotopic (exact) mass is 508 g/mol. The summed E-state index contributed by atoms with van der Waals surface area (Å²) < 4.78 is 6.71. The average Bonchev–Trinajstić information content (AvgIpc) is 2.88. The third-order valence-corrected chi connectivity index (χ3v) is 8.74. The smallest absolute Gasteiger partial charge is 0.123 e. The highest BCUT2D eigenvalue weighted by Crippen LogP contribution is 2.43. The van der Waals surface area contributed by atoms with Crippen molar-refractivity contribution >= 4 is 0 Å². The van der Waals surface area contributed by atoms with Crippen molar-refractivity contribution in [3.8, 4) is 11.5 Å². The molecule has 0 amide bonds. The fraction of sp³-hybridized carbons (Fsp3) is 0.714. The molecule has 1 N–H and O–H groups in total. The Hall–Kier alpha value is -1.70. The molecule has 1 heterocycles. The summed E-state index contributed by atoms with van der Waals surface area (Å²) >= 11 is 0. The quantitative estimate of drug-likeness (QED) is 0.212. The Balaban J connectivity index is 1.54. The van der Waals surface area contributed by atoms with Crippen LogP contribution in [-0.4, -0.2) is 11.2 Å². The zero-order chi connectivity index (χ0) is 26.5. The molecule has 1 aromatic rings. The van der Waals surface area contributed by atoms with E-state index in [2.05, 4.69) is 52.0 Å². The number of aromatic hydroxyl groups is 1. The van der Waals surface area contributed by atoms with E-state index < -0.39 is 0 Å². The van der Waals surface area contributed by atoms with Gasteiger partial charge in [-0.15, -0.1) is 0 Å². The highest BCUT2D eigenvalue weighted by atomic mass is 16.5. The van der Waals surface area contributed by atoms with Gasteiger partial charge in [0.15, 0.2) is 0 Å². The Morgan fingerprint density at radius 2 is 1.41 bits per heavy atom. The van der Waals surface area contributed by atoms with E-state index in [9.17, 15) is 5.11 Å². The SMILES string of the molecule is CCCCCCCCCC1=CC(C2CCc3cc(O)c(CCCCCCCCC)cc3O2)C(C)(C)C=C1. The molecule has 0 fully saturated rings. The molecule has 0 bridgehead atoms. The summed E-state index contributed by atoms with van der Waals surface area (Å²) in [6.45, 7) is 9.27. The second kappa shape index (κ2) is 15.6. The van der Waals surface area contributed by atoms with Gasteiger partial charge in [-0.25, -0.2) is 0 Å². The number of aryl methyl sites for hydroxylation is 2. The first kappa shape index (κ1) is 29.9. The Kier molecular flexibility index (Phi) is 12.6. The molecule has 0 radical (unpaired) electrons. The minimum absolute atomic E-state index is 0.101. The van der Waals surface area contributed by atoms with Crippen LogP contribution in [0.3, 0.4) is 0 Å². The summed E-state index contributed by atoms with van der Waals surface area (Å²) in [5, 5.41) is 10.7. The van der Waals surface area contributed by atoms with E-state index in [1.807, 2.05) is 6.07 Å². The topological polar surface area (TPSA) is 29.5 Å². The molecule has 1 aliphatic carbocycles. The maximum atomic E-state index is 10.7. The van der Waals surface area contributed by atoms with Crippen molar-refractivity contribution in [3.05, 3.63) is 47.1 Å². The predicted octanol–water partition coefficient (Wildman–Crippen LogP) is 10.7. The van der Waals surface area contributed by atoms with Gasteiger partial charge in [0, 0.05) is 5.92 Å². The van der Waals surface area contributed by atoms with Crippen LogP contribution in [0.1, 0.15) is 142 Å². The van der Waals surface area contributed by atoms with Crippen LogP contribution in [-0.2, 0) is 12.8 Å².